The molecular formula is C23H19ClF6N4O3. The summed E-state index contributed by atoms with van der Waals surface area (Å²) in [6, 6.07) is 5.46. The number of halogens is 7. The minimum absolute atomic E-state index is 0.134. The zero-order valence-electron chi connectivity index (χ0n) is 19.2. The standard InChI is InChI=1S/C23H19ClF6N4O3/c1-36-17-6-3-11(7-18(17)37-2)15-9-19(23(28,29)30)34-20(31-15)10-16(33-34)21(35)32-14-5-4-12(24)8-13(14)22(25,26)27/h3-8,10,15,19,31H,9H2,1-2H3,(H,32,35). The van der Waals surface area contributed by atoms with E-state index in [9.17, 15) is 31.1 Å². The third-order valence-electron chi connectivity index (χ3n) is 5.77. The highest BCUT2D eigenvalue weighted by Gasteiger charge is 2.47. The van der Waals surface area contributed by atoms with Crippen molar-refractivity contribution in [3.63, 3.8) is 0 Å². The molecule has 0 fully saturated rings. The van der Waals surface area contributed by atoms with Gasteiger partial charge in [0, 0.05) is 17.5 Å². The van der Waals surface area contributed by atoms with E-state index in [-0.39, 0.29) is 10.8 Å². The quantitative estimate of drug-likeness (QED) is 0.357. The molecular weight excluding hydrogens is 530 g/mol. The van der Waals surface area contributed by atoms with Crippen molar-refractivity contribution in [2.24, 2.45) is 0 Å². The van der Waals surface area contributed by atoms with Crippen molar-refractivity contribution < 1.29 is 40.6 Å². The monoisotopic (exact) mass is 548 g/mol. The minimum Gasteiger partial charge on any atom is -0.493 e. The number of hydrogen-bond donors (Lipinski definition) is 2. The summed E-state index contributed by atoms with van der Waals surface area (Å²) >= 11 is 5.65. The fraction of sp³-hybridized carbons (Fsp3) is 0.304. The van der Waals surface area contributed by atoms with Gasteiger partial charge in [-0.3, -0.25) is 4.79 Å². The number of hydrogen-bond acceptors (Lipinski definition) is 5. The molecule has 0 radical (unpaired) electrons. The lowest BCUT2D eigenvalue weighted by Gasteiger charge is -2.33. The predicted molar refractivity (Wildman–Crippen MR) is 122 cm³/mol. The van der Waals surface area contributed by atoms with Crippen LogP contribution in [0.1, 0.15) is 40.1 Å². The van der Waals surface area contributed by atoms with Crippen LogP contribution in [0.4, 0.5) is 37.8 Å². The summed E-state index contributed by atoms with van der Waals surface area (Å²) in [5.74, 6) is -0.558. The van der Waals surface area contributed by atoms with Gasteiger partial charge in [0.15, 0.2) is 23.2 Å². The number of amides is 1. The number of nitrogens with zero attached hydrogens (tertiary/aromatic N) is 2. The second-order valence-corrected chi connectivity index (χ2v) is 8.54. The number of alkyl halides is 6. The molecule has 7 nitrogen and oxygen atoms in total. The van der Waals surface area contributed by atoms with Crippen molar-refractivity contribution in [3.05, 3.63) is 64.3 Å². The van der Waals surface area contributed by atoms with E-state index in [1.54, 1.807) is 12.1 Å². The van der Waals surface area contributed by atoms with Crippen LogP contribution in [-0.4, -0.2) is 36.1 Å². The van der Waals surface area contributed by atoms with E-state index in [0.29, 0.717) is 27.8 Å². The molecule has 198 valence electrons. The average Bonchev–Trinajstić information content (AvgIpc) is 3.27. The van der Waals surface area contributed by atoms with Crippen LogP contribution in [0.15, 0.2) is 42.5 Å². The van der Waals surface area contributed by atoms with Gasteiger partial charge in [-0.2, -0.15) is 31.4 Å². The van der Waals surface area contributed by atoms with E-state index >= 15 is 0 Å². The molecule has 1 aliphatic rings. The van der Waals surface area contributed by atoms with Gasteiger partial charge in [-0.05, 0) is 35.9 Å². The molecule has 14 heteroatoms. The Morgan fingerprint density at radius 2 is 1.76 bits per heavy atom. The first-order valence-corrected chi connectivity index (χ1v) is 11.0. The Morgan fingerprint density at radius 1 is 1.05 bits per heavy atom. The van der Waals surface area contributed by atoms with E-state index in [0.717, 1.165) is 18.2 Å². The molecule has 0 saturated heterocycles. The van der Waals surface area contributed by atoms with Crippen LogP contribution >= 0.6 is 11.6 Å². The van der Waals surface area contributed by atoms with Crippen molar-refractivity contribution in [2.75, 3.05) is 24.9 Å². The molecule has 2 N–H and O–H groups in total. The number of methoxy groups -OCH3 is 2. The van der Waals surface area contributed by atoms with Crippen LogP contribution < -0.4 is 20.1 Å². The van der Waals surface area contributed by atoms with Gasteiger partial charge in [0.1, 0.15) is 5.82 Å². The first-order chi connectivity index (χ1) is 17.3. The van der Waals surface area contributed by atoms with Gasteiger partial charge in [-0.15, -0.1) is 0 Å². The summed E-state index contributed by atoms with van der Waals surface area (Å²) in [4.78, 5) is 12.7. The normalized spacial score (nSPS) is 17.5. The number of fused-ring (bicyclic) bond motifs is 1. The Kier molecular flexibility index (Phi) is 6.93. The third kappa shape index (κ3) is 5.41. The predicted octanol–water partition coefficient (Wildman–Crippen LogP) is 6.49. The molecule has 1 amide bonds. The average molecular weight is 549 g/mol. The van der Waals surface area contributed by atoms with Crippen molar-refractivity contribution >= 4 is 29.0 Å². The zero-order valence-corrected chi connectivity index (χ0v) is 19.9. The van der Waals surface area contributed by atoms with Gasteiger partial charge in [0.25, 0.3) is 5.91 Å². The number of benzene rings is 2. The molecule has 0 spiro atoms. The molecule has 2 aromatic carbocycles. The van der Waals surface area contributed by atoms with Crippen LogP contribution in [0.2, 0.25) is 5.02 Å². The van der Waals surface area contributed by atoms with E-state index in [2.05, 4.69) is 15.7 Å². The smallest absolute Gasteiger partial charge is 0.418 e. The van der Waals surface area contributed by atoms with Crippen molar-refractivity contribution in [3.8, 4) is 11.5 Å². The Labute approximate surface area is 211 Å². The van der Waals surface area contributed by atoms with Crippen LogP contribution in [-0.2, 0) is 6.18 Å². The highest BCUT2D eigenvalue weighted by molar-refractivity contribution is 6.30. The Balaban J connectivity index is 1.67. The number of ether oxygens (including phenoxy) is 2. The molecule has 1 aromatic heterocycles. The summed E-state index contributed by atoms with van der Waals surface area (Å²) < 4.78 is 93.1. The zero-order chi connectivity index (χ0) is 27.1. The fourth-order valence-electron chi connectivity index (χ4n) is 4.02. The largest absolute Gasteiger partial charge is 0.493 e. The maximum atomic E-state index is 14.0. The van der Waals surface area contributed by atoms with Gasteiger partial charge in [-0.25, -0.2) is 4.68 Å². The molecule has 1 aliphatic heterocycles. The van der Waals surface area contributed by atoms with E-state index in [1.165, 1.54) is 20.3 Å². The maximum Gasteiger partial charge on any atom is 0.418 e. The molecule has 0 bridgehead atoms. The highest BCUT2D eigenvalue weighted by Crippen LogP contribution is 2.45. The fourth-order valence-corrected chi connectivity index (χ4v) is 4.19. The Bertz CT molecular complexity index is 1320. The lowest BCUT2D eigenvalue weighted by Crippen LogP contribution is -2.35. The molecule has 2 heterocycles. The maximum absolute atomic E-state index is 14.0. The van der Waals surface area contributed by atoms with Gasteiger partial charge in [0.05, 0.1) is 31.5 Å². The minimum atomic E-state index is -4.84. The molecule has 0 aliphatic carbocycles. The Hall–Kier alpha value is -3.61. The topological polar surface area (TPSA) is 77.4 Å². The summed E-state index contributed by atoms with van der Waals surface area (Å²) in [6.07, 6.45) is -10.0. The van der Waals surface area contributed by atoms with Crippen LogP contribution in [0.25, 0.3) is 0 Å². The number of carbonyl (C=O) groups is 1. The molecule has 4 rings (SSSR count). The first-order valence-electron chi connectivity index (χ1n) is 10.6. The molecule has 3 aromatic rings. The van der Waals surface area contributed by atoms with Crippen molar-refractivity contribution in [1.29, 1.82) is 0 Å². The molecule has 2 atom stereocenters. The number of aromatic nitrogens is 2. The SMILES string of the molecule is COc1ccc(C2CC(C(F)(F)F)n3nc(C(=O)Nc4ccc(Cl)cc4C(F)(F)F)cc3N2)cc1OC. The number of carbonyl (C=O) groups excluding carboxylic acids is 1. The van der Waals surface area contributed by atoms with Gasteiger partial charge >= 0.3 is 12.4 Å². The van der Waals surface area contributed by atoms with E-state index in [4.69, 9.17) is 21.1 Å². The van der Waals surface area contributed by atoms with Gasteiger partial charge in [-0.1, -0.05) is 17.7 Å². The summed E-state index contributed by atoms with van der Waals surface area (Å²) in [5.41, 5.74) is -1.87. The second kappa shape index (κ2) is 9.69. The molecule has 2 unspecified atom stereocenters. The lowest BCUT2D eigenvalue weighted by atomic mass is 9.96. The van der Waals surface area contributed by atoms with Gasteiger partial charge < -0.3 is 20.1 Å². The van der Waals surface area contributed by atoms with Crippen molar-refractivity contribution in [2.45, 2.75) is 30.9 Å². The highest BCUT2D eigenvalue weighted by atomic mass is 35.5. The molecule has 0 saturated carbocycles. The second-order valence-electron chi connectivity index (χ2n) is 8.11. The van der Waals surface area contributed by atoms with E-state index < -0.39 is 53.7 Å². The third-order valence-corrected chi connectivity index (χ3v) is 6.00. The first kappa shape index (κ1) is 26.5. The Morgan fingerprint density at radius 3 is 2.38 bits per heavy atom. The summed E-state index contributed by atoms with van der Waals surface area (Å²) in [6.45, 7) is 0. The molecule has 37 heavy (non-hydrogen) atoms. The van der Waals surface area contributed by atoms with Crippen LogP contribution in [0.5, 0.6) is 11.5 Å². The van der Waals surface area contributed by atoms with Crippen LogP contribution in [0.3, 0.4) is 0 Å². The number of anilines is 2. The van der Waals surface area contributed by atoms with Crippen LogP contribution in [0, 0.1) is 0 Å². The van der Waals surface area contributed by atoms with Gasteiger partial charge in [0.2, 0.25) is 0 Å². The van der Waals surface area contributed by atoms with E-state index in [1.807, 2.05) is 0 Å². The number of nitrogens with one attached hydrogen (secondary N) is 2. The summed E-state index contributed by atoms with van der Waals surface area (Å²) in [5, 5.41) is 8.53. The lowest BCUT2D eigenvalue weighted by molar-refractivity contribution is -0.173. The number of rotatable bonds is 5. The summed E-state index contributed by atoms with van der Waals surface area (Å²) in [7, 11) is 2.81. The van der Waals surface area contributed by atoms with Crippen molar-refractivity contribution in [1.82, 2.24) is 9.78 Å².